The number of nitrogens with zero attached hydrogens (tertiary/aromatic N) is 1. The molecule has 1 atom stereocenters. The van der Waals surface area contributed by atoms with Crippen LogP contribution in [-0.4, -0.2) is 47.4 Å². The molecule has 1 aliphatic carbocycles. The Bertz CT molecular complexity index is 1020. The zero-order chi connectivity index (χ0) is 24.6. The van der Waals surface area contributed by atoms with Gasteiger partial charge >= 0.3 is 6.09 Å². The summed E-state index contributed by atoms with van der Waals surface area (Å²) in [5, 5.41) is 17.5. The molecule has 4 rings (SSSR count). The van der Waals surface area contributed by atoms with E-state index in [1.165, 1.54) is 11.1 Å². The van der Waals surface area contributed by atoms with Crippen LogP contribution in [0, 0.1) is 5.82 Å². The number of benzene rings is 1. The highest BCUT2D eigenvalue weighted by atomic mass is 19.1. The molecule has 2 fully saturated rings. The van der Waals surface area contributed by atoms with Gasteiger partial charge in [0.25, 0.3) is 0 Å². The van der Waals surface area contributed by atoms with Crippen LogP contribution in [0.2, 0.25) is 0 Å². The number of carbonyl (C=O) groups is 1. The fraction of sp³-hybridized carbons (Fsp3) is 0.593. The van der Waals surface area contributed by atoms with Gasteiger partial charge in [-0.25, -0.2) is 9.18 Å². The Morgan fingerprint density at radius 1 is 1.29 bits per heavy atom. The quantitative estimate of drug-likeness (QED) is 0.484. The second-order valence-corrected chi connectivity index (χ2v) is 10.7. The summed E-state index contributed by atoms with van der Waals surface area (Å²) in [6.07, 6.45) is 3.93. The molecule has 0 aromatic heterocycles. The second-order valence-electron chi connectivity index (χ2n) is 10.7. The van der Waals surface area contributed by atoms with Gasteiger partial charge in [-0.1, -0.05) is 18.6 Å². The summed E-state index contributed by atoms with van der Waals surface area (Å²) in [6, 6.07) is 3.36. The Labute approximate surface area is 202 Å². The summed E-state index contributed by atoms with van der Waals surface area (Å²) in [7, 11) is 0. The molecule has 0 spiro atoms. The highest BCUT2D eigenvalue weighted by Crippen LogP contribution is 2.45. The van der Waals surface area contributed by atoms with Gasteiger partial charge in [-0.05, 0) is 88.6 Å². The lowest BCUT2D eigenvalue weighted by Crippen LogP contribution is -2.51. The normalized spacial score (nSPS) is 22.8. The maximum Gasteiger partial charge on any atom is 0.410 e. The molecule has 3 N–H and O–H groups in total. The monoisotopic (exact) mass is 471 g/mol. The van der Waals surface area contributed by atoms with E-state index in [-0.39, 0.29) is 23.8 Å². The topological polar surface area (TPSA) is 73.8 Å². The Hall–Kier alpha value is -2.54. The third-order valence-corrected chi connectivity index (χ3v) is 6.97. The molecule has 1 aromatic rings. The highest BCUT2D eigenvalue weighted by molar-refractivity contribution is 5.71. The van der Waals surface area contributed by atoms with E-state index < -0.39 is 11.4 Å². The molecule has 1 unspecified atom stereocenters. The van der Waals surface area contributed by atoms with Crippen molar-refractivity contribution in [1.29, 1.82) is 0 Å². The van der Waals surface area contributed by atoms with Gasteiger partial charge in [0.05, 0.1) is 11.7 Å². The predicted octanol–water partition coefficient (Wildman–Crippen LogP) is 5.80. The van der Waals surface area contributed by atoms with Crippen molar-refractivity contribution in [3.63, 3.8) is 0 Å². The molecular formula is C27H38FN3O3. The lowest BCUT2D eigenvalue weighted by atomic mass is 9.86. The number of nitrogens with one attached hydrogen (secondary N) is 2. The van der Waals surface area contributed by atoms with Gasteiger partial charge in [-0.2, -0.15) is 0 Å². The molecular weight excluding hydrogens is 433 g/mol. The molecule has 34 heavy (non-hydrogen) atoms. The number of hydrogen-bond acceptors (Lipinski definition) is 5. The van der Waals surface area contributed by atoms with Gasteiger partial charge in [0.2, 0.25) is 0 Å². The zero-order valence-corrected chi connectivity index (χ0v) is 21.1. The van der Waals surface area contributed by atoms with Crippen LogP contribution in [0.3, 0.4) is 0 Å². The average Bonchev–Trinajstić information content (AvgIpc) is 3.62. The number of amides is 1. The lowest BCUT2D eigenvalue weighted by molar-refractivity contribution is 0.0183. The van der Waals surface area contributed by atoms with Crippen LogP contribution in [0.4, 0.5) is 14.9 Å². The Kier molecular flexibility index (Phi) is 6.94. The Morgan fingerprint density at radius 2 is 2.03 bits per heavy atom. The lowest BCUT2D eigenvalue weighted by Gasteiger charge is -2.40. The Balaban J connectivity index is 1.75. The molecule has 3 aliphatic rings. The van der Waals surface area contributed by atoms with E-state index in [2.05, 4.69) is 24.5 Å². The number of carbonyl (C=O) groups excluding carboxylic acids is 1. The van der Waals surface area contributed by atoms with Crippen molar-refractivity contribution < 1.29 is 19.0 Å². The van der Waals surface area contributed by atoms with Gasteiger partial charge in [0.1, 0.15) is 5.60 Å². The van der Waals surface area contributed by atoms with Crippen LogP contribution in [0.5, 0.6) is 5.75 Å². The number of anilines is 1. The van der Waals surface area contributed by atoms with Crippen molar-refractivity contribution in [2.45, 2.75) is 84.3 Å². The minimum absolute atomic E-state index is 0.206. The van der Waals surface area contributed by atoms with E-state index in [4.69, 9.17) is 4.74 Å². The largest absolute Gasteiger partial charge is 0.503 e. The van der Waals surface area contributed by atoms with Crippen molar-refractivity contribution >= 4 is 11.8 Å². The predicted molar refractivity (Wildman–Crippen MR) is 133 cm³/mol. The molecule has 1 saturated heterocycles. The van der Waals surface area contributed by atoms with Crippen LogP contribution in [0.25, 0.3) is 0 Å². The van der Waals surface area contributed by atoms with E-state index in [1.54, 1.807) is 12.1 Å². The molecule has 0 radical (unpaired) electrons. The van der Waals surface area contributed by atoms with Crippen LogP contribution >= 0.6 is 0 Å². The number of hydrogen-bond donors (Lipinski definition) is 3. The van der Waals surface area contributed by atoms with Gasteiger partial charge in [-0.3, -0.25) is 4.90 Å². The van der Waals surface area contributed by atoms with Gasteiger partial charge in [0, 0.05) is 25.2 Å². The van der Waals surface area contributed by atoms with E-state index in [1.807, 2.05) is 25.7 Å². The number of halogens is 1. The van der Waals surface area contributed by atoms with E-state index in [0.29, 0.717) is 30.8 Å². The summed E-state index contributed by atoms with van der Waals surface area (Å²) >= 11 is 0. The van der Waals surface area contributed by atoms with Crippen LogP contribution in [0.1, 0.15) is 78.2 Å². The maximum atomic E-state index is 14.9. The standard InChI is InChI=1S/C27H38FN3O3/c1-6-16(2)18-11-13-29-15-22-23(18)20(12-14-31(22)26(33)34-27(3,4)5)30-21-10-9-19(17-7-8-17)24(28)25(21)32/h9-10,17,22,29-30,32H,6-8,11-15H2,1-5H3. The maximum absolute atomic E-state index is 14.9. The zero-order valence-electron chi connectivity index (χ0n) is 21.1. The smallest absolute Gasteiger partial charge is 0.410 e. The van der Waals surface area contributed by atoms with E-state index in [9.17, 15) is 14.3 Å². The highest BCUT2D eigenvalue weighted by Gasteiger charge is 2.38. The second kappa shape index (κ2) is 9.61. The minimum Gasteiger partial charge on any atom is -0.503 e. The number of allylic oxidation sites excluding steroid dienone is 1. The third kappa shape index (κ3) is 5.09. The summed E-state index contributed by atoms with van der Waals surface area (Å²) in [5.74, 6) is -0.630. The first-order valence-electron chi connectivity index (χ1n) is 12.5. The fourth-order valence-corrected chi connectivity index (χ4v) is 4.94. The summed E-state index contributed by atoms with van der Waals surface area (Å²) in [4.78, 5) is 14.9. The number of aromatic hydroxyl groups is 1. The van der Waals surface area contributed by atoms with Crippen LogP contribution in [0.15, 0.2) is 34.5 Å². The number of phenols is 1. The number of ether oxygens (including phenoxy) is 1. The van der Waals surface area contributed by atoms with E-state index in [0.717, 1.165) is 43.5 Å². The van der Waals surface area contributed by atoms with Crippen molar-refractivity contribution in [2.75, 3.05) is 25.0 Å². The number of phenolic OH excluding ortho intramolecular Hbond substituents is 1. The van der Waals surface area contributed by atoms with Gasteiger partial charge < -0.3 is 20.5 Å². The fourth-order valence-electron chi connectivity index (χ4n) is 4.94. The first kappa shape index (κ1) is 24.6. The number of rotatable bonds is 4. The van der Waals surface area contributed by atoms with Crippen molar-refractivity contribution in [3.8, 4) is 5.75 Å². The number of fused-ring (bicyclic) bond motifs is 1. The molecule has 1 saturated carbocycles. The van der Waals surface area contributed by atoms with Crippen molar-refractivity contribution in [3.05, 3.63) is 45.9 Å². The average molecular weight is 472 g/mol. The van der Waals surface area contributed by atoms with Gasteiger partial charge in [-0.15, -0.1) is 0 Å². The van der Waals surface area contributed by atoms with Crippen molar-refractivity contribution in [2.24, 2.45) is 0 Å². The third-order valence-electron chi connectivity index (χ3n) is 6.97. The Morgan fingerprint density at radius 3 is 2.68 bits per heavy atom. The molecule has 2 aliphatic heterocycles. The first-order valence-corrected chi connectivity index (χ1v) is 12.5. The van der Waals surface area contributed by atoms with Crippen LogP contribution < -0.4 is 10.6 Å². The molecule has 7 heteroatoms. The summed E-state index contributed by atoms with van der Waals surface area (Å²) in [5.41, 5.74) is 4.88. The summed E-state index contributed by atoms with van der Waals surface area (Å²) < 4.78 is 20.6. The molecule has 1 amide bonds. The molecule has 2 heterocycles. The van der Waals surface area contributed by atoms with Crippen molar-refractivity contribution in [1.82, 2.24) is 10.2 Å². The molecule has 0 bridgehead atoms. The molecule has 186 valence electrons. The minimum atomic E-state index is -0.581. The summed E-state index contributed by atoms with van der Waals surface area (Å²) in [6.45, 7) is 11.8. The molecule has 1 aromatic carbocycles. The first-order chi connectivity index (χ1) is 16.1. The van der Waals surface area contributed by atoms with Gasteiger partial charge in [0.15, 0.2) is 11.6 Å². The molecule has 6 nitrogen and oxygen atoms in total. The SMILES string of the molecule is CCC(C)=C1CCNCC2C1=C(Nc1ccc(C3CC3)c(F)c1O)CCN2C(=O)OC(C)(C)C. The van der Waals surface area contributed by atoms with Crippen LogP contribution in [-0.2, 0) is 4.74 Å². The van der Waals surface area contributed by atoms with E-state index >= 15 is 0 Å².